The van der Waals surface area contributed by atoms with Gasteiger partial charge in [-0.05, 0) is 38.5 Å². The number of nitrogens with one attached hydrogen (secondary N) is 1. The first-order valence-corrected chi connectivity index (χ1v) is 6.02. The Hall–Kier alpha value is -1.55. The zero-order chi connectivity index (χ0) is 13.7. The van der Waals surface area contributed by atoms with Gasteiger partial charge in [-0.1, -0.05) is 17.7 Å². The Bertz CT molecular complexity index is 458. The molecule has 0 atom stereocenters. The second kappa shape index (κ2) is 6.40. The first-order valence-electron chi connectivity index (χ1n) is 5.64. The third kappa shape index (κ3) is 4.04. The van der Waals surface area contributed by atoms with Crippen LogP contribution in [-0.4, -0.2) is 24.5 Å². The van der Waals surface area contributed by atoms with Gasteiger partial charge in [0.25, 0.3) is 5.91 Å². The lowest BCUT2D eigenvalue weighted by Gasteiger charge is -2.10. The standard InChI is InChI=1S/C13H16ClNO3/c1-8(2)18-12(16)7-15-13(17)10-5-4-6-11(14)9(10)3/h4-6,8H,7H2,1-3H3,(H,15,17). The lowest BCUT2D eigenvalue weighted by Crippen LogP contribution is -2.32. The van der Waals surface area contributed by atoms with Crippen molar-refractivity contribution < 1.29 is 14.3 Å². The fourth-order valence-electron chi connectivity index (χ4n) is 1.41. The van der Waals surface area contributed by atoms with E-state index in [-0.39, 0.29) is 18.6 Å². The Morgan fingerprint density at radius 2 is 2.06 bits per heavy atom. The average molecular weight is 270 g/mol. The molecule has 1 N–H and O–H groups in total. The molecule has 0 bridgehead atoms. The van der Waals surface area contributed by atoms with Gasteiger partial charge < -0.3 is 10.1 Å². The molecule has 18 heavy (non-hydrogen) atoms. The topological polar surface area (TPSA) is 55.4 Å². The van der Waals surface area contributed by atoms with E-state index in [0.29, 0.717) is 16.1 Å². The van der Waals surface area contributed by atoms with Crippen LogP contribution >= 0.6 is 11.6 Å². The molecule has 0 heterocycles. The zero-order valence-corrected chi connectivity index (χ0v) is 11.4. The van der Waals surface area contributed by atoms with E-state index in [9.17, 15) is 9.59 Å². The van der Waals surface area contributed by atoms with E-state index in [2.05, 4.69) is 5.32 Å². The van der Waals surface area contributed by atoms with Crippen LogP contribution in [0, 0.1) is 6.92 Å². The molecule has 0 aromatic heterocycles. The molecule has 0 saturated carbocycles. The van der Waals surface area contributed by atoms with E-state index in [4.69, 9.17) is 16.3 Å². The highest BCUT2D eigenvalue weighted by atomic mass is 35.5. The summed E-state index contributed by atoms with van der Waals surface area (Å²) < 4.78 is 4.91. The van der Waals surface area contributed by atoms with E-state index in [1.165, 1.54) is 0 Å². The molecule has 1 rings (SSSR count). The van der Waals surface area contributed by atoms with Gasteiger partial charge in [0.15, 0.2) is 0 Å². The number of rotatable bonds is 4. The minimum absolute atomic E-state index is 0.150. The molecule has 0 fully saturated rings. The maximum Gasteiger partial charge on any atom is 0.325 e. The predicted octanol–water partition coefficient (Wildman–Crippen LogP) is 2.33. The molecule has 98 valence electrons. The summed E-state index contributed by atoms with van der Waals surface area (Å²) in [7, 11) is 0. The van der Waals surface area contributed by atoms with Crippen molar-refractivity contribution in [3.8, 4) is 0 Å². The Balaban J connectivity index is 2.61. The van der Waals surface area contributed by atoms with Crippen LogP contribution in [-0.2, 0) is 9.53 Å². The van der Waals surface area contributed by atoms with Crippen molar-refractivity contribution >= 4 is 23.5 Å². The third-order valence-corrected chi connectivity index (χ3v) is 2.68. The number of hydrogen-bond donors (Lipinski definition) is 1. The van der Waals surface area contributed by atoms with Gasteiger partial charge in [0.05, 0.1) is 6.10 Å². The van der Waals surface area contributed by atoms with E-state index < -0.39 is 5.97 Å². The molecule has 0 radical (unpaired) electrons. The van der Waals surface area contributed by atoms with Crippen LogP contribution in [0.25, 0.3) is 0 Å². The van der Waals surface area contributed by atoms with Crippen molar-refractivity contribution in [3.05, 3.63) is 34.3 Å². The van der Waals surface area contributed by atoms with Gasteiger partial charge in [-0.2, -0.15) is 0 Å². The first kappa shape index (κ1) is 14.5. The molecular formula is C13H16ClNO3. The Morgan fingerprint density at radius 3 is 2.67 bits per heavy atom. The van der Waals surface area contributed by atoms with Crippen LogP contribution in [0.1, 0.15) is 29.8 Å². The molecule has 0 saturated heterocycles. The minimum Gasteiger partial charge on any atom is -0.462 e. The number of carbonyl (C=O) groups is 2. The molecule has 1 aromatic rings. The van der Waals surface area contributed by atoms with Crippen LogP contribution in [0.2, 0.25) is 5.02 Å². The van der Waals surface area contributed by atoms with Crippen molar-refractivity contribution in [1.82, 2.24) is 5.32 Å². The van der Waals surface area contributed by atoms with Crippen molar-refractivity contribution in [3.63, 3.8) is 0 Å². The highest BCUT2D eigenvalue weighted by Gasteiger charge is 2.13. The molecule has 1 amide bonds. The van der Waals surface area contributed by atoms with Crippen LogP contribution in [0.5, 0.6) is 0 Å². The van der Waals surface area contributed by atoms with Gasteiger partial charge in [0.2, 0.25) is 0 Å². The van der Waals surface area contributed by atoms with Gasteiger partial charge in [-0.15, -0.1) is 0 Å². The maximum absolute atomic E-state index is 11.8. The molecule has 5 heteroatoms. The van der Waals surface area contributed by atoms with E-state index >= 15 is 0 Å². The molecule has 0 aliphatic rings. The molecule has 0 unspecified atom stereocenters. The van der Waals surface area contributed by atoms with Gasteiger partial charge in [0.1, 0.15) is 6.54 Å². The molecule has 4 nitrogen and oxygen atoms in total. The quantitative estimate of drug-likeness (QED) is 0.854. The normalized spacial score (nSPS) is 10.3. The zero-order valence-electron chi connectivity index (χ0n) is 10.6. The fraction of sp³-hybridized carbons (Fsp3) is 0.385. The Kier molecular flexibility index (Phi) is 5.16. The summed E-state index contributed by atoms with van der Waals surface area (Å²) in [6.45, 7) is 5.11. The number of benzene rings is 1. The van der Waals surface area contributed by atoms with Crippen LogP contribution in [0.15, 0.2) is 18.2 Å². The second-order valence-electron chi connectivity index (χ2n) is 4.13. The number of halogens is 1. The van der Waals surface area contributed by atoms with Crippen molar-refractivity contribution in [2.24, 2.45) is 0 Å². The summed E-state index contributed by atoms with van der Waals surface area (Å²) in [5.74, 6) is -0.797. The Labute approximate surface area is 111 Å². The highest BCUT2D eigenvalue weighted by Crippen LogP contribution is 2.18. The van der Waals surface area contributed by atoms with Crippen LogP contribution in [0.3, 0.4) is 0 Å². The summed E-state index contributed by atoms with van der Waals surface area (Å²) in [5.41, 5.74) is 1.15. The van der Waals surface area contributed by atoms with Crippen molar-refractivity contribution in [2.45, 2.75) is 26.9 Å². The molecular weight excluding hydrogens is 254 g/mol. The summed E-state index contributed by atoms with van der Waals surface area (Å²) >= 11 is 5.92. The average Bonchev–Trinajstić information content (AvgIpc) is 2.29. The van der Waals surface area contributed by atoms with Crippen LogP contribution in [0.4, 0.5) is 0 Å². The second-order valence-corrected chi connectivity index (χ2v) is 4.54. The number of amides is 1. The summed E-state index contributed by atoms with van der Waals surface area (Å²) in [4.78, 5) is 23.1. The molecule has 1 aromatic carbocycles. The van der Waals surface area contributed by atoms with Gasteiger partial charge in [0, 0.05) is 10.6 Å². The molecule has 0 aliphatic carbocycles. The predicted molar refractivity (Wildman–Crippen MR) is 69.8 cm³/mol. The largest absolute Gasteiger partial charge is 0.462 e. The summed E-state index contributed by atoms with van der Waals surface area (Å²) in [5, 5.41) is 3.02. The summed E-state index contributed by atoms with van der Waals surface area (Å²) in [6.07, 6.45) is -0.192. The van der Waals surface area contributed by atoms with E-state index in [0.717, 1.165) is 0 Å². The summed E-state index contributed by atoms with van der Waals surface area (Å²) in [6, 6.07) is 5.06. The smallest absolute Gasteiger partial charge is 0.325 e. The van der Waals surface area contributed by atoms with Crippen LogP contribution < -0.4 is 5.32 Å². The van der Waals surface area contributed by atoms with Crippen molar-refractivity contribution in [1.29, 1.82) is 0 Å². The number of ether oxygens (including phenoxy) is 1. The van der Waals surface area contributed by atoms with E-state index in [1.54, 1.807) is 39.0 Å². The number of carbonyl (C=O) groups excluding carboxylic acids is 2. The minimum atomic E-state index is -0.460. The lowest BCUT2D eigenvalue weighted by molar-refractivity contribution is -0.146. The molecule has 0 aliphatic heterocycles. The maximum atomic E-state index is 11.8. The number of esters is 1. The fourth-order valence-corrected chi connectivity index (χ4v) is 1.58. The first-order chi connectivity index (χ1) is 8.41. The number of hydrogen-bond acceptors (Lipinski definition) is 3. The van der Waals surface area contributed by atoms with Gasteiger partial charge >= 0.3 is 5.97 Å². The lowest BCUT2D eigenvalue weighted by atomic mass is 10.1. The van der Waals surface area contributed by atoms with E-state index in [1.807, 2.05) is 0 Å². The highest BCUT2D eigenvalue weighted by molar-refractivity contribution is 6.31. The monoisotopic (exact) mass is 269 g/mol. The SMILES string of the molecule is Cc1c(Cl)cccc1C(=O)NCC(=O)OC(C)C. The third-order valence-electron chi connectivity index (χ3n) is 2.27. The van der Waals surface area contributed by atoms with Gasteiger partial charge in [-0.3, -0.25) is 9.59 Å². The Morgan fingerprint density at radius 1 is 1.39 bits per heavy atom. The molecule has 0 spiro atoms. The van der Waals surface area contributed by atoms with Gasteiger partial charge in [-0.25, -0.2) is 0 Å². The van der Waals surface area contributed by atoms with Crippen molar-refractivity contribution in [2.75, 3.05) is 6.54 Å².